The van der Waals surface area contributed by atoms with E-state index in [4.69, 9.17) is 19.8 Å². The SMILES string of the molecule is Cc1cc(NC(=O)CNC2CCCCC2)c2ccccc2n1.O=C(O)C(=O)O. The molecule has 8 nitrogen and oxygen atoms in total. The zero-order valence-electron chi connectivity index (χ0n) is 15.8. The molecule has 4 N–H and O–H groups in total. The molecule has 1 fully saturated rings. The zero-order chi connectivity index (χ0) is 20.5. The van der Waals surface area contributed by atoms with Crippen LogP contribution in [0.25, 0.3) is 10.9 Å². The molecule has 1 amide bonds. The molecular weight excluding hydrogens is 362 g/mol. The number of anilines is 1. The minimum atomic E-state index is -1.82. The van der Waals surface area contributed by atoms with Crippen LogP contribution in [0.2, 0.25) is 0 Å². The molecule has 0 unspecified atom stereocenters. The number of amides is 1. The van der Waals surface area contributed by atoms with Gasteiger partial charge in [0.1, 0.15) is 0 Å². The van der Waals surface area contributed by atoms with Crippen LogP contribution in [0.15, 0.2) is 30.3 Å². The molecule has 0 bridgehead atoms. The number of hydrogen-bond donors (Lipinski definition) is 4. The van der Waals surface area contributed by atoms with Gasteiger partial charge in [0.15, 0.2) is 0 Å². The summed E-state index contributed by atoms with van der Waals surface area (Å²) < 4.78 is 0. The van der Waals surface area contributed by atoms with Crippen LogP contribution in [0.4, 0.5) is 5.69 Å². The van der Waals surface area contributed by atoms with E-state index in [9.17, 15) is 4.79 Å². The number of hydrogen-bond acceptors (Lipinski definition) is 5. The molecule has 0 spiro atoms. The number of fused-ring (bicyclic) bond motifs is 1. The Morgan fingerprint density at radius 3 is 2.36 bits per heavy atom. The number of para-hydroxylation sites is 1. The van der Waals surface area contributed by atoms with Gasteiger partial charge in [-0.3, -0.25) is 9.78 Å². The average Bonchev–Trinajstić information content (AvgIpc) is 2.67. The topological polar surface area (TPSA) is 129 Å². The average molecular weight is 387 g/mol. The van der Waals surface area contributed by atoms with Gasteiger partial charge in [0.2, 0.25) is 5.91 Å². The van der Waals surface area contributed by atoms with Gasteiger partial charge in [-0.15, -0.1) is 0 Å². The molecule has 1 aromatic heterocycles. The Balaban J connectivity index is 0.000000409. The van der Waals surface area contributed by atoms with Crippen LogP contribution in [-0.4, -0.2) is 45.6 Å². The number of aromatic nitrogens is 1. The largest absolute Gasteiger partial charge is 0.473 e. The number of pyridine rings is 1. The number of aliphatic carboxylic acids is 2. The lowest BCUT2D eigenvalue weighted by molar-refractivity contribution is -0.159. The summed E-state index contributed by atoms with van der Waals surface area (Å²) in [5.41, 5.74) is 2.67. The number of carboxylic acid groups (broad SMARTS) is 2. The summed E-state index contributed by atoms with van der Waals surface area (Å²) in [5.74, 6) is -3.63. The first kappa shape index (κ1) is 21.3. The normalized spacial score (nSPS) is 14.0. The highest BCUT2D eigenvalue weighted by Crippen LogP contribution is 2.23. The fraction of sp³-hybridized carbons (Fsp3) is 0.400. The van der Waals surface area contributed by atoms with E-state index in [1.807, 2.05) is 37.3 Å². The van der Waals surface area contributed by atoms with E-state index in [0.29, 0.717) is 12.6 Å². The van der Waals surface area contributed by atoms with Gasteiger partial charge in [0.25, 0.3) is 0 Å². The molecular formula is C20H25N3O5. The van der Waals surface area contributed by atoms with E-state index in [-0.39, 0.29) is 5.91 Å². The van der Waals surface area contributed by atoms with Crippen molar-refractivity contribution in [3.05, 3.63) is 36.0 Å². The number of nitrogens with zero attached hydrogens (tertiary/aromatic N) is 1. The maximum Gasteiger partial charge on any atom is 0.414 e. The fourth-order valence-electron chi connectivity index (χ4n) is 3.15. The Bertz CT molecular complexity index is 835. The number of benzene rings is 1. The van der Waals surface area contributed by atoms with Crippen LogP contribution >= 0.6 is 0 Å². The number of aryl methyl sites for hydroxylation is 1. The monoisotopic (exact) mass is 387 g/mol. The molecule has 0 atom stereocenters. The number of rotatable bonds is 4. The van der Waals surface area contributed by atoms with Crippen LogP contribution in [-0.2, 0) is 14.4 Å². The van der Waals surface area contributed by atoms with Crippen molar-refractivity contribution in [3.63, 3.8) is 0 Å². The smallest absolute Gasteiger partial charge is 0.414 e. The lowest BCUT2D eigenvalue weighted by atomic mass is 9.95. The molecule has 28 heavy (non-hydrogen) atoms. The summed E-state index contributed by atoms with van der Waals surface area (Å²) in [4.78, 5) is 34.9. The summed E-state index contributed by atoms with van der Waals surface area (Å²) in [7, 11) is 0. The lowest BCUT2D eigenvalue weighted by Crippen LogP contribution is -2.37. The predicted molar refractivity (Wildman–Crippen MR) is 105 cm³/mol. The van der Waals surface area contributed by atoms with Gasteiger partial charge >= 0.3 is 11.9 Å². The Hall–Kier alpha value is -3.00. The highest BCUT2D eigenvalue weighted by Gasteiger charge is 2.14. The molecule has 2 aromatic rings. The minimum absolute atomic E-state index is 0.0151. The number of carbonyl (C=O) groups is 3. The van der Waals surface area contributed by atoms with Crippen molar-refractivity contribution in [2.24, 2.45) is 0 Å². The summed E-state index contributed by atoms with van der Waals surface area (Å²) in [6, 6.07) is 10.3. The van der Waals surface area contributed by atoms with Gasteiger partial charge in [-0.25, -0.2) is 9.59 Å². The van der Waals surface area contributed by atoms with Crippen LogP contribution < -0.4 is 10.6 Å². The van der Waals surface area contributed by atoms with Gasteiger partial charge in [-0.05, 0) is 31.9 Å². The first-order chi connectivity index (χ1) is 13.4. The van der Waals surface area contributed by atoms with Crippen LogP contribution in [0.1, 0.15) is 37.8 Å². The third-order valence-corrected chi connectivity index (χ3v) is 4.46. The van der Waals surface area contributed by atoms with Crippen molar-refractivity contribution in [2.75, 3.05) is 11.9 Å². The summed E-state index contributed by atoms with van der Waals surface area (Å²) in [6.45, 7) is 2.32. The summed E-state index contributed by atoms with van der Waals surface area (Å²) in [6.07, 6.45) is 6.24. The molecule has 0 saturated heterocycles. The Labute approximate surface area is 163 Å². The molecule has 1 aliphatic rings. The molecule has 0 aliphatic heterocycles. The van der Waals surface area contributed by atoms with E-state index in [1.54, 1.807) is 0 Å². The summed E-state index contributed by atoms with van der Waals surface area (Å²) >= 11 is 0. The minimum Gasteiger partial charge on any atom is -0.473 e. The van der Waals surface area contributed by atoms with E-state index in [1.165, 1.54) is 32.1 Å². The molecule has 3 rings (SSSR count). The molecule has 1 aromatic carbocycles. The molecule has 1 aliphatic carbocycles. The fourth-order valence-corrected chi connectivity index (χ4v) is 3.15. The van der Waals surface area contributed by atoms with Crippen LogP contribution in [0.3, 0.4) is 0 Å². The van der Waals surface area contributed by atoms with Crippen molar-refractivity contribution >= 4 is 34.4 Å². The molecule has 1 heterocycles. The molecule has 150 valence electrons. The Morgan fingerprint density at radius 1 is 1.07 bits per heavy atom. The maximum atomic E-state index is 12.2. The van der Waals surface area contributed by atoms with Gasteiger partial charge in [-0.2, -0.15) is 0 Å². The summed E-state index contributed by atoms with van der Waals surface area (Å²) in [5, 5.41) is 22.2. The van der Waals surface area contributed by atoms with Crippen molar-refractivity contribution < 1.29 is 24.6 Å². The second-order valence-electron chi connectivity index (χ2n) is 6.70. The second-order valence-corrected chi connectivity index (χ2v) is 6.70. The molecule has 1 saturated carbocycles. The molecule has 8 heteroatoms. The van der Waals surface area contributed by atoms with Crippen molar-refractivity contribution in [1.29, 1.82) is 0 Å². The van der Waals surface area contributed by atoms with E-state index < -0.39 is 11.9 Å². The standard InChI is InChI=1S/C18H23N3O.C2H2O4/c1-13-11-17(15-9-5-6-10-16(15)20-13)21-18(22)12-19-14-7-3-2-4-8-14;3-1(4)2(5)6/h5-6,9-11,14,19H,2-4,7-8,12H2,1H3,(H,20,21,22);(H,3,4)(H,5,6). The Morgan fingerprint density at radius 2 is 1.71 bits per heavy atom. The van der Waals surface area contributed by atoms with Crippen LogP contribution in [0, 0.1) is 6.92 Å². The van der Waals surface area contributed by atoms with Crippen molar-refractivity contribution in [3.8, 4) is 0 Å². The zero-order valence-corrected chi connectivity index (χ0v) is 15.8. The number of carboxylic acids is 2. The van der Waals surface area contributed by atoms with E-state index in [2.05, 4.69) is 15.6 Å². The highest BCUT2D eigenvalue weighted by atomic mass is 16.4. The maximum absolute atomic E-state index is 12.2. The van der Waals surface area contributed by atoms with Gasteiger partial charge < -0.3 is 20.8 Å². The van der Waals surface area contributed by atoms with Gasteiger partial charge in [-0.1, -0.05) is 37.5 Å². The highest BCUT2D eigenvalue weighted by molar-refractivity contribution is 6.27. The van der Waals surface area contributed by atoms with E-state index in [0.717, 1.165) is 22.3 Å². The predicted octanol–water partition coefficient (Wildman–Crippen LogP) is 2.56. The third kappa shape index (κ3) is 6.62. The number of carbonyl (C=O) groups excluding carboxylic acids is 1. The van der Waals surface area contributed by atoms with Gasteiger partial charge in [0.05, 0.1) is 17.7 Å². The quantitative estimate of drug-likeness (QED) is 0.593. The van der Waals surface area contributed by atoms with E-state index >= 15 is 0 Å². The van der Waals surface area contributed by atoms with Crippen molar-refractivity contribution in [2.45, 2.75) is 45.1 Å². The first-order valence-electron chi connectivity index (χ1n) is 9.22. The second kappa shape index (κ2) is 10.4. The first-order valence-corrected chi connectivity index (χ1v) is 9.22. The van der Waals surface area contributed by atoms with Gasteiger partial charge in [0, 0.05) is 17.1 Å². The third-order valence-electron chi connectivity index (χ3n) is 4.46. The molecule has 0 radical (unpaired) electrons. The van der Waals surface area contributed by atoms with Crippen molar-refractivity contribution in [1.82, 2.24) is 10.3 Å². The van der Waals surface area contributed by atoms with Crippen LogP contribution in [0.5, 0.6) is 0 Å². The Kier molecular flexibility index (Phi) is 7.88. The number of nitrogens with one attached hydrogen (secondary N) is 2. The lowest BCUT2D eigenvalue weighted by Gasteiger charge is -2.22.